The van der Waals surface area contributed by atoms with Gasteiger partial charge in [0, 0.05) is 0 Å². The number of aromatic nitrogens is 2. The van der Waals surface area contributed by atoms with E-state index in [4.69, 9.17) is 14.8 Å². The van der Waals surface area contributed by atoms with Gasteiger partial charge in [0.05, 0.1) is 36.6 Å². The zero-order chi connectivity index (χ0) is 16.9. The Morgan fingerprint density at radius 3 is 2.35 bits per heavy atom. The Hall–Kier alpha value is -1.95. The fourth-order valence-electron chi connectivity index (χ4n) is 1.99. The van der Waals surface area contributed by atoms with Crippen LogP contribution in [0.25, 0.3) is 0 Å². The van der Waals surface area contributed by atoms with E-state index in [0.717, 1.165) is 11.3 Å². The maximum absolute atomic E-state index is 12.6. The van der Waals surface area contributed by atoms with Gasteiger partial charge in [-0.05, 0) is 38.5 Å². The molecule has 0 fully saturated rings. The summed E-state index contributed by atoms with van der Waals surface area (Å²) in [6, 6.07) is 7.03. The second-order valence-electron chi connectivity index (χ2n) is 4.75. The van der Waals surface area contributed by atoms with Crippen LogP contribution in [0.1, 0.15) is 25.1 Å². The summed E-state index contributed by atoms with van der Waals surface area (Å²) < 4.78 is 24.8. The molecule has 23 heavy (non-hydrogen) atoms. The number of benzene rings is 1. The lowest BCUT2D eigenvalue weighted by Crippen LogP contribution is -2.10. The van der Waals surface area contributed by atoms with Crippen molar-refractivity contribution in [2.45, 2.75) is 20.8 Å². The lowest BCUT2D eigenvalue weighted by atomic mass is 10.2. The topological polar surface area (TPSA) is 91.7 Å². The standard InChI is InChI=1S/C15H21N4O3P/c1-4-21-23(20,22-5-2)14-8-6-13(7-9-14)10-17-19-11-12(3)18-15(19)16/h6-11H,4-5H2,1-3H3,(H2,16,18). The molecule has 0 spiro atoms. The molecule has 7 nitrogen and oxygen atoms in total. The molecule has 2 aromatic rings. The highest BCUT2D eigenvalue weighted by atomic mass is 31.2. The lowest BCUT2D eigenvalue weighted by Gasteiger charge is -2.17. The Morgan fingerprint density at radius 2 is 1.87 bits per heavy atom. The molecule has 0 radical (unpaired) electrons. The number of nitrogen functional groups attached to an aromatic ring is 1. The summed E-state index contributed by atoms with van der Waals surface area (Å²) in [5.41, 5.74) is 7.35. The normalized spacial score (nSPS) is 12.1. The molecule has 0 unspecified atom stereocenters. The molecule has 0 aliphatic carbocycles. The molecule has 8 heteroatoms. The van der Waals surface area contributed by atoms with Crippen LogP contribution in [0.2, 0.25) is 0 Å². The summed E-state index contributed by atoms with van der Waals surface area (Å²) in [6.45, 7) is 6.05. The minimum Gasteiger partial charge on any atom is -0.368 e. The van der Waals surface area contributed by atoms with Gasteiger partial charge in [0.2, 0.25) is 5.95 Å². The average molecular weight is 336 g/mol. The first-order chi connectivity index (χ1) is 11.0. The van der Waals surface area contributed by atoms with Gasteiger partial charge in [0.1, 0.15) is 0 Å². The predicted molar refractivity (Wildman–Crippen MR) is 91.3 cm³/mol. The minimum absolute atomic E-state index is 0.319. The van der Waals surface area contributed by atoms with Gasteiger partial charge >= 0.3 is 7.60 Å². The van der Waals surface area contributed by atoms with E-state index in [1.165, 1.54) is 4.68 Å². The summed E-state index contributed by atoms with van der Waals surface area (Å²) in [7, 11) is -3.25. The molecule has 0 saturated heterocycles. The van der Waals surface area contributed by atoms with E-state index in [9.17, 15) is 4.57 Å². The van der Waals surface area contributed by atoms with Crippen molar-refractivity contribution >= 4 is 25.1 Å². The maximum Gasteiger partial charge on any atom is 0.361 e. The average Bonchev–Trinajstić information content (AvgIpc) is 2.84. The quantitative estimate of drug-likeness (QED) is 0.620. The SMILES string of the molecule is CCOP(=O)(OCC)c1ccc(C=Nn2cc(C)nc2N)cc1. The molecule has 124 valence electrons. The molecule has 0 amide bonds. The Morgan fingerprint density at radius 1 is 1.26 bits per heavy atom. The monoisotopic (exact) mass is 336 g/mol. The number of imidazole rings is 1. The summed E-state index contributed by atoms with van der Waals surface area (Å²) in [5, 5.41) is 4.76. The molecule has 1 aromatic carbocycles. The van der Waals surface area contributed by atoms with Gasteiger partial charge in [-0.25, -0.2) is 9.66 Å². The summed E-state index contributed by atoms with van der Waals surface area (Å²) in [5.74, 6) is 0.326. The van der Waals surface area contributed by atoms with Gasteiger partial charge in [0.15, 0.2) is 0 Å². The molecule has 1 aromatic heterocycles. The van der Waals surface area contributed by atoms with E-state index in [1.54, 1.807) is 50.5 Å². The van der Waals surface area contributed by atoms with Crippen LogP contribution in [0.5, 0.6) is 0 Å². The molecule has 0 aliphatic heterocycles. The lowest BCUT2D eigenvalue weighted by molar-refractivity contribution is 0.230. The minimum atomic E-state index is -3.25. The third kappa shape index (κ3) is 4.28. The fraction of sp³-hybridized carbons (Fsp3) is 0.333. The zero-order valence-electron chi connectivity index (χ0n) is 13.5. The highest BCUT2D eigenvalue weighted by Crippen LogP contribution is 2.46. The number of hydrogen-bond acceptors (Lipinski definition) is 6. The predicted octanol–water partition coefficient (Wildman–Crippen LogP) is 2.55. The van der Waals surface area contributed by atoms with Crippen molar-refractivity contribution in [3.63, 3.8) is 0 Å². The molecule has 2 rings (SSSR count). The Balaban J connectivity index is 2.18. The van der Waals surface area contributed by atoms with E-state index in [0.29, 0.717) is 24.5 Å². The van der Waals surface area contributed by atoms with Crippen LogP contribution >= 0.6 is 7.60 Å². The number of nitrogens with zero attached hydrogens (tertiary/aromatic N) is 3. The number of nitrogens with two attached hydrogens (primary N) is 1. The largest absolute Gasteiger partial charge is 0.368 e. The van der Waals surface area contributed by atoms with Gasteiger partial charge in [-0.1, -0.05) is 12.1 Å². The van der Waals surface area contributed by atoms with E-state index in [-0.39, 0.29) is 0 Å². The third-order valence-electron chi connectivity index (χ3n) is 2.97. The van der Waals surface area contributed by atoms with Crippen molar-refractivity contribution in [2.24, 2.45) is 5.10 Å². The van der Waals surface area contributed by atoms with Crippen LogP contribution in [0, 0.1) is 6.92 Å². The molecule has 1 heterocycles. The van der Waals surface area contributed by atoms with E-state index < -0.39 is 7.60 Å². The van der Waals surface area contributed by atoms with Crippen LogP contribution in [-0.2, 0) is 13.6 Å². The van der Waals surface area contributed by atoms with Crippen molar-refractivity contribution in [3.8, 4) is 0 Å². The highest BCUT2D eigenvalue weighted by molar-refractivity contribution is 7.62. The summed E-state index contributed by atoms with van der Waals surface area (Å²) >= 11 is 0. The molecule has 2 N–H and O–H groups in total. The number of rotatable bonds is 7. The molecular weight excluding hydrogens is 315 g/mol. The maximum atomic E-state index is 12.6. The smallest absolute Gasteiger partial charge is 0.361 e. The second-order valence-corrected chi connectivity index (χ2v) is 6.78. The highest BCUT2D eigenvalue weighted by Gasteiger charge is 2.26. The number of anilines is 1. The van der Waals surface area contributed by atoms with Gasteiger partial charge in [0.25, 0.3) is 0 Å². The first-order valence-corrected chi connectivity index (χ1v) is 8.88. The number of aryl methyl sites for hydroxylation is 1. The van der Waals surface area contributed by atoms with Crippen molar-refractivity contribution in [1.29, 1.82) is 0 Å². The van der Waals surface area contributed by atoms with Crippen molar-refractivity contribution in [2.75, 3.05) is 18.9 Å². The zero-order valence-corrected chi connectivity index (χ0v) is 14.4. The van der Waals surface area contributed by atoms with Gasteiger partial charge in [-0.2, -0.15) is 5.10 Å². The van der Waals surface area contributed by atoms with Crippen LogP contribution in [0.15, 0.2) is 35.6 Å². The molecule has 0 aliphatic rings. The fourth-order valence-corrected chi connectivity index (χ4v) is 3.56. The molecule has 0 saturated carbocycles. The van der Waals surface area contributed by atoms with Crippen LogP contribution < -0.4 is 11.0 Å². The molecule has 0 bridgehead atoms. The first-order valence-electron chi connectivity index (χ1n) is 7.34. The summed E-state index contributed by atoms with van der Waals surface area (Å²) in [6.07, 6.45) is 3.38. The third-order valence-corrected chi connectivity index (χ3v) is 5.10. The van der Waals surface area contributed by atoms with Gasteiger partial charge in [-0.3, -0.25) is 4.57 Å². The van der Waals surface area contributed by atoms with Gasteiger partial charge in [-0.15, -0.1) is 0 Å². The Kier molecular flexibility index (Phi) is 5.71. The van der Waals surface area contributed by atoms with E-state index in [1.807, 2.05) is 6.92 Å². The Labute approximate surface area is 135 Å². The van der Waals surface area contributed by atoms with Crippen LogP contribution in [0.3, 0.4) is 0 Å². The first kappa shape index (κ1) is 17.4. The van der Waals surface area contributed by atoms with Crippen molar-refractivity contribution in [3.05, 3.63) is 41.7 Å². The van der Waals surface area contributed by atoms with E-state index in [2.05, 4.69) is 10.1 Å². The number of hydrogen-bond donors (Lipinski definition) is 1. The van der Waals surface area contributed by atoms with Crippen molar-refractivity contribution < 1.29 is 13.6 Å². The molecule has 0 atom stereocenters. The second kappa shape index (κ2) is 7.55. The summed E-state index contributed by atoms with van der Waals surface area (Å²) in [4.78, 5) is 4.07. The Bertz CT molecular complexity index is 715. The van der Waals surface area contributed by atoms with Gasteiger partial charge < -0.3 is 14.8 Å². The van der Waals surface area contributed by atoms with Crippen molar-refractivity contribution in [1.82, 2.24) is 9.66 Å². The van der Waals surface area contributed by atoms with E-state index >= 15 is 0 Å². The van der Waals surface area contributed by atoms with Crippen LogP contribution in [-0.4, -0.2) is 29.1 Å². The van der Waals surface area contributed by atoms with Crippen LogP contribution in [0.4, 0.5) is 5.95 Å². The molecular formula is C15H21N4O3P.